The highest BCUT2D eigenvalue weighted by molar-refractivity contribution is 5.95. The summed E-state index contributed by atoms with van der Waals surface area (Å²) in [5.74, 6) is -4.20. The van der Waals surface area contributed by atoms with Crippen LogP contribution in [0.3, 0.4) is 0 Å². The molecule has 1 aliphatic heterocycles. The molecule has 2 aromatic rings. The number of hydrogen-bond donors (Lipinski definition) is 2. The van der Waals surface area contributed by atoms with E-state index >= 15 is 0 Å². The molecular weight excluding hydrogens is 444 g/mol. The number of aliphatic hydroxyl groups excluding tert-OH is 1. The van der Waals surface area contributed by atoms with Crippen molar-refractivity contribution in [2.75, 3.05) is 12.4 Å². The number of nitrogens with one attached hydrogen (secondary N) is 1. The second kappa shape index (κ2) is 9.26. The number of alkyl halides is 3. The number of benzene rings is 1. The van der Waals surface area contributed by atoms with Gasteiger partial charge in [0.2, 0.25) is 0 Å². The number of hydrogen-bond acceptors (Lipinski definition) is 5. The van der Waals surface area contributed by atoms with Crippen molar-refractivity contribution in [3.8, 4) is 5.75 Å². The molecule has 0 radical (unpaired) electrons. The van der Waals surface area contributed by atoms with Crippen molar-refractivity contribution in [1.82, 2.24) is 4.98 Å². The SMILES string of the molecule is CC[C@H](O)c1ccc(NC(=O)[C@@H]2O[C@@](C)(C(F)(F)F)[C@@H](C)[C@H]2c2cccc(F)c2OC)cn1. The van der Waals surface area contributed by atoms with Crippen LogP contribution in [0.2, 0.25) is 0 Å². The zero-order valence-electron chi connectivity index (χ0n) is 18.6. The maximum Gasteiger partial charge on any atom is 0.417 e. The van der Waals surface area contributed by atoms with Crippen LogP contribution in [0.15, 0.2) is 36.5 Å². The lowest BCUT2D eigenvalue weighted by Crippen LogP contribution is -2.47. The van der Waals surface area contributed by atoms with Crippen molar-refractivity contribution in [3.63, 3.8) is 0 Å². The van der Waals surface area contributed by atoms with Gasteiger partial charge in [0.15, 0.2) is 17.2 Å². The maximum absolute atomic E-state index is 14.3. The second-order valence-electron chi connectivity index (χ2n) is 8.21. The number of ether oxygens (including phenoxy) is 2. The monoisotopic (exact) mass is 470 g/mol. The van der Waals surface area contributed by atoms with Crippen molar-refractivity contribution in [2.45, 2.75) is 57.1 Å². The van der Waals surface area contributed by atoms with Crippen LogP contribution in [0.25, 0.3) is 0 Å². The van der Waals surface area contributed by atoms with Gasteiger partial charge >= 0.3 is 6.18 Å². The molecule has 0 spiro atoms. The molecule has 2 N–H and O–H groups in total. The minimum atomic E-state index is -4.78. The lowest BCUT2D eigenvalue weighted by Gasteiger charge is -2.32. The first-order valence-corrected chi connectivity index (χ1v) is 10.5. The number of pyridine rings is 1. The van der Waals surface area contributed by atoms with E-state index in [1.807, 2.05) is 0 Å². The molecule has 1 amide bonds. The lowest BCUT2D eigenvalue weighted by atomic mass is 9.77. The minimum Gasteiger partial charge on any atom is -0.493 e. The van der Waals surface area contributed by atoms with E-state index in [-0.39, 0.29) is 17.0 Å². The molecule has 2 heterocycles. The number of para-hydroxylation sites is 1. The molecule has 1 fully saturated rings. The van der Waals surface area contributed by atoms with E-state index in [0.29, 0.717) is 12.1 Å². The Kier molecular flexibility index (Phi) is 6.99. The van der Waals surface area contributed by atoms with Crippen LogP contribution in [0, 0.1) is 11.7 Å². The molecule has 0 aliphatic carbocycles. The molecule has 1 aromatic carbocycles. The first kappa shape index (κ1) is 24.9. The highest BCUT2D eigenvalue weighted by Gasteiger charge is 2.65. The average Bonchev–Trinajstić information content (AvgIpc) is 3.05. The van der Waals surface area contributed by atoms with Gasteiger partial charge in [-0.25, -0.2) is 4.39 Å². The summed E-state index contributed by atoms with van der Waals surface area (Å²) in [7, 11) is 1.21. The molecule has 180 valence electrons. The summed E-state index contributed by atoms with van der Waals surface area (Å²) >= 11 is 0. The summed E-state index contributed by atoms with van der Waals surface area (Å²) in [5, 5.41) is 12.4. The molecule has 0 unspecified atom stereocenters. The van der Waals surface area contributed by atoms with E-state index in [0.717, 1.165) is 13.0 Å². The molecular formula is C23H26F4N2O4. The molecule has 1 aliphatic rings. The predicted molar refractivity (Wildman–Crippen MR) is 112 cm³/mol. The van der Waals surface area contributed by atoms with Crippen LogP contribution in [-0.4, -0.2) is 41.0 Å². The Balaban J connectivity index is 1.98. The van der Waals surface area contributed by atoms with Gasteiger partial charge in [-0.05, 0) is 31.5 Å². The number of aromatic nitrogens is 1. The van der Waals surface area contributed by atoms with Gasteiger partial charge in [-0.2, -0.15) is 13.2 Å². The van der Waals surface area contributed by atoms with Crippen LogP contribution in [0.1, 0.15) is 50.5 Å². The number of anilines is 1. The molecule has 33 heavy (non-hydrogen) atoms. The number of methoxy groups -OCH3 is 1. The summed E-state index contributed by atoms with van der Waals surface area (Å²) in [6, 6.07) is 6.89. The highest BCUT2D eigenvalue weighted by Crippen LogP contribution is 2.54. The van der Waals surface area contributed by atoms with Gasteiger partial charge in [0.25, 0.3) is 5.91 Å². The van der Waals surface area contributed by atoms with Gasteiger partial charge < -0.3 is 19.9 Å². The number of halogens is 4. The van der Waals surface area contributed by atoms with Gasteiger partial charge in [0.05, 0.1) is 30.8 Å². The summed E-state index contributed by atoms with van der Waals surface area (Å²) in [5.41, 5.74) is -1.93. The van der Waals surface area contributed by atoms with E-state index in [4.69, 9.17) is 9.47 Å². The Hall–Kier alpha value is -2.72. The molecule has 1 aromatic heterocycles. The van der Waals surface area contributed by atoms with Gasteiger partial charge in [0, 0.05) is 17.4 Å². The topological polar surface area (TPSA) is 80.7 Å². The Morgan fingerprint density at radius 1 is 1.33 bits per heavy atom. The van der Waals surface area contributed by atoms with E-state index in [9.17, 15) is 27.5 Å². The van der Waals surface area contributed by atoms with E-state index in [1.54, 1.807) is 6.92 Å². The molecule has 6 nitrogen and oxygen atoms in total. The van der Waals surface area contributed by atoms with Crippen LogP contribution in [-0.2, 0) is 9.53 Å². The maximum atomic E-state index is 14.3. The smallest absolute Gasteiger partial charge is 0.417 e. The number of carbonyl (C=O) groups is 1. The Morgan fingerprint density at radius 2 is 2.03 bits per heavy atom. The van der Waals surface area contributed by atoms with E-state index in [2.05, 4.69) is 10.3 Å². The van der Waals surface area contributed by atoms with Gasteiger partial charge in [0.1, 0.15) is 6.10 Å². The fraction of sp³-hybridized carbons (Fsp3) is 0.478. The molecule has 1 saturated heterocycles. The van der Waals surface area contributed by atoms with Crippen molar-refractivity contribution in [1.29, 1.82) is 0 Å². The third-order valence-corrected chi connectivity index (χ3v) is 6.27. The standard InChI is InChI=1S/C23H26F4N2O4/c1-5-17(30)16-10-9-13(11-28-16)29-21(31)20-18(12(2)22(3,33-20)23(25,26)27)14-7-6-8-15(24)19(14)32-4/h6-12,17-18,20,30H,5H2,1-4H3,(H,29,31)/t12-,17-,18-,20+,22+/m0/s1. The highest BCUT2D eigenvalue weighted by atomic mass is 19.4. The molecule has 3 rings (SSSR count). The summed E-state index contributed by atoms with van der Waals surface area (Å²) in [4.78, 5) is 17.2. The number of nitrogens with zero attached hydrogens (tertiary/aromatic N) is 1. The average molecular weight is 470 g/mol. The van der Waals surface area contributed by atoms with E-state index < -0.39 is 47.5 Å². The van der Waals surface area contributed by atoms with E-state index in [1.165, 1.54) is 44.5 Å². The van der Waals surface area contributed by atoms with Crippen LogP contribution < -0.4 is 10.1 Å². The largest absolute Gasteiger partial charge is 0.493 e. The summed E-state index contributed by atoms with van der Waals surface area (Å²) in [6.07, 6.45) is -5.39. The van der Waals surface area contributed by atoms with Crippen LogP contribution in [0.4, 0.5) is 23.2 Å². The first-order chi connectivity index (χ1) is 15.4. The quantitative estimate of drug-likeness (QED) is 0.596. The zero-order chi connectivity index (χ0) is 24.6. The molecule has 5 atom stereocenters. The Bertz CT molecular complexity index is 999. The fourth-order valence-electron chi connectivity index (χ4n) is 4.13. The zero-order valence-corrected chi connectivity index (χ0v) is 18.6. The third-order valence-electron chi connectivity index (χ3n) is 6.27. The van der Waals surface area contributed by atoms with Crippen molar-refractivity contribution in [2.24, 2.45) is 5.92 Å². The van der Waals surface area contributed by atoms with Gasteiger partial charge in [-0.15, -0.1) is 0 Å². The lowest BCUT2D eigenvalue weighted by molar-refractivity contribution is -0.272. The molecule has 0 bridgehead atoms. The normalized spacial score (nSPS) is 26.2. The molecule has 10 heteroatoms. The van der Waals surface area contributed by atoms with Crippen LogP contribution in [0.5, 0.6) is 5.75 Å². The Labute approximate surface area is 188 Å². The number of carbonyl (C=O) groups excluding carboxylic acids is 1. The van der Waals surface area contributed by atoms with Gasteiger partial charge in [-0.3, -0.25) is 9.78 Å². The Morgan fingerprint density at radius 3 is 2.58 bits per heavy atom. The van der Waals surface area contributed by atoms with Gasteiger partial charge in [-0.1, -0.05) is 26.0 Å². The fourth-order valence-corrected chi connectivity index (χ4v) is 4.13. The van der Waals surface area contributed by atoms with Crippen molar-refractivity contribution < 1.29 is 36.9 Å². The van der Waals surface area contributed by atoms with Crippen molar-refractivity contribution in [3.05, 3.63) is 53.6 Å². The third kappa shape index (κ3) is 4.54. The van der Waals surface area contributed by atoms with Crippen LogP contribution >= 0.6 is 0 Å². The number of rotatable bonds is 6. The van der Waals surface area contributed by atoms with Crippen molar-refractivity contribution >= 4 is 11.6 Å². The molecule has 0 saturated carbocycles. The first-order valence-electron chi connectivity index (χ1n) is 10.5. The second-order valence-corrected chi connectivity index (χ2v) is 8.21. The number of amides is 1. The summed E-state index contributed by atoms with van der Waals surface area (Å²) in [6.45, 7) is 3.98. The predicted octanol–water partition coefficient (Wildman–Crippen LogP) is 4.75. The number of aliphatic hydroxyl groups is 1. The minimum absolute atomic E-state index is 0.109. The summed E-state index contributed by atoms with van der Waals surface area (Å²) < 4.78 is 66.7.